The van der Waals surface area contributed by atoms with Crippen LogP contribution >= 0.6 is 15.9 Å². The summed E-state index contributed by atoms with van der Waals surface area (Å²) in [6, 6.07) is 0. The summed E-state index contributed by atoms with van der Waals surface area (Å²) in [5.74, 6) is 0.966. The summed E-state index contributed by atoms with van der Waals surface area (Å²) in [7, 11) is 0. The number of nitrogens with one attached hydrogen (secondary N) is 1. The third-order valence-corrected chi connectivity index (χ3v) is 5.70. The first-order valence-electron chi connectivity index (χ1n) is 10.3. The number of esters is 1. The second-order valence-electron chi connectivity index (χ2n) is 9.21. The van der Waals surface area contributed by atoms with Gasteiger partial charge in [-0.25, -0.2) is 4.99 Å². The SMILES string of the molecule is CCOC(=O)C1CC1C1=CC(C)(C)C=C(NCC2=CC(Br)=CC(C)(C)C=C2)N=C1. The van der Waals surface area contributed by atoms with Crippen LogP contribution in [-0.2, 0) is 9.53 Å². The van der Waals surface area contributed by atoms with Crippen molar-refractivity contribution in [3.8, 4) is 0 Å². The molecule has 156 valence electrons. The van der Waals surface area contributed by atoms with Crippen LogP contribution in [0.1, 0.15) is 41.0 Å². The highest BCUT2D eigenvalue weighted by Gasteiger charge is 2.46. The number of halogens is 1. The zero-order valence-corrected chi connectivity index (χ0v) is 19.5. The maximum absolute atomic E-state index is 12.0. The fraction of sp³-hybridized carbons (Fsp3) is 0.500. The van der Waals surface area contributed by atoms with Crippen molar-refractivity contribution in [3.05, 3.63) is 57.9 Å². The number of rotatable bonds is 6. The molecule has 0 saturated heterocycles. The summed E-state index contributed by atoms with van der Waals surface area (Å²) in [4.78, 5) is 16.7. The first kappa shape index (κ1) is 21.8. The molecular formula is C24H31BrN2O2. The van der Waals surface area contributed by atoms with Gasteiger partial charge in [0, 0.05) is 28.1 Å². The second kappa shape index (κ2) is 8.47. The molecule has 4 nitrogen and oxygen atoms in total. The molecule has 0 amide bonds. The van der Waals surface area contributed by atoms with Crippen LogP contribution in [0.4, 0.5) is 0 Å². The van der Waals surface area contributed by atoms with Crippen molar-refractivity contribution in [2.24, 2.45) is 27.7 Å². The topological polar surface area (TPSA) is 50.7 Å². The number of carbonyl (C=O) groups is 1. The van der Waals surface area contributed by atoms with Gasteiger partial charge in [-0.05, 0) is 42.6 Å². The quantitative estimate of drug-likeness (QED) is 0.537. The minimum atomic E-state index is -0.147. The molecule has 3 aliphatic rings. The van der Waals surface area contributed by atoms with E-state index in [1.165, 1.54) is 5.57 Å². The lowest BCUT2D eigenvalue weighted by atomic mass is 9.89. The Hall–Kier alpha value is -1.88. The van der Waals surface area contributed by atoms with Gasteiger partial charge < -0.3 is 10.1 Å². The van der Waals surface area contributed by atoms with Crippen LogP contribution in [0.5, 0.6) is 0 Å². The van der Waals surface area contributed by atoms with E-state index in [9.17, 15) is 4.79 Å². The third-order valence-electron chi connectivity index (χ3n) is 5.24. The number of allylic oxidation sites excluding steroid dienone is 7. The van der Waals surface area contributed by atoms with E-state index in [0.717, 1.165) is 22.3 Å². The van der Waals surface area contributed by atoms with Gasteiger partial charge in [-0.2, -0.15) is 0 Å². The largest absolute Gasteiger partial charge is 0.466 e. The molecule has 1 heterocycles. The maximum Gasteiger partial charge on any atom is 0.309 e. The first-order chi connectivity index (χ1) is 13.6. The highest BCUT2D eigenvalue weighted by Crippen LogP contribution is 2.46. The molecule has 2 aliphatic carbocycles. The van der Waals surface area contributed by atoms with Crippen molar-refractivity contribution in [2.45, 2.75) is 41.0 Å². The van der Waals surface area contributed by atoms with Crippen molar-refractivity contribution in [1.29, 1.82) is 0 Å². The number of hydrogen-bond donors (Lipinski definition) is 1. The summed E-state index contributed by atoms with van der Waals surface area (Å²) in [5, 5.41) is 3.47. The second-order valence-corrected chi connectivity index (χ2v) is 10.1. The Labute approximate surface area is 182 Å². The number of carbonyl (C=O) groups excluding carboxylic acids is 1. The van der Waals surface area contributed by atoms with E-state index in [1.54, 1.807) is 0 Å². The number of aliphatic imine (C=N–C) groups is 1. The highest BCUT2D eigenvalue weighted by molar-refractivity contribution is 9.11. The van der Waals surface area contributed by atoms with E-state index < -0.39 is 0 Å². The van der Waals surface area contributed by atoms with Gasteiger partial charge >= 0.3 is 5.97 Å². The van der Waals surface area contributed by atoms with E-state index in [2.05, 4.69) is 90.4 Å². The molecule has 29 heavy (non-hydrogen) atoms. The molecule has 3 rings (SSSR count). The van der Waals surface area contributed by atoms with Crippen molar-refractivity contribution in [1.82, 2.24) is 5.32 Å². The van der Waals surface area contributed by atoms with Gasteiger partial charge in [0.05, 0.1) is 12.5 Å². The Morgan fingerprint density at radius 2 is 2.00 bits per heavy atom. The average molecular weight is 459 g/mol. The zero-order chi connectivity index (χ0) is 21.2. The normalized spacial score (nSPS) is 27.0. The van der Waals surface area contributed by atoms with Crippen LogP contribution in [0.25, 0.3) is 0 Å². The predicted octanol–water partition coefficient (Wildman–Crippen LogP) is 5.45. The summed E-state index contributed by atoms with van der Waals surface area (Å²) >= 11 is 3.64. The molecule has 0 aromatic heterocycles. The molecule has 1 saturated carbocycles. The van der Waals surface area contributed by atoms with Crippen LogP contribution in [0.15, 0.2) is 62.9 Å². The van der Waals surface area contributed by atoms with Gasteiger partial charge in [-0.15, -0.1) is 0 Å². The maximum atomic E-state index is 12.0. The lowest BCUT2D eigenvalue weighted by Gasteiger charge is -2.17. The molecule has 0 radical (unpaired) electrons. The molecule has 0 aromatic rings. The summed E-state index contributed by atoms with van der Waals surface area (Å²) in [6.07, 6.45) is 15.9. The lowest BCUT2D eigenvalue weighted by Crippen LogP contribution is -2.17. The molecule has 1 fully saturated rings. The number of ether oxygens (including phenoxy) is 1. The van der Waals surface area contributed by atoms with Crippen molar-refractivity contribution in [2.75, 3.05) is 13.2 Å². The smallest absolute Gasteiger partial charge is 0.309 e. The lowest BCUT2D eigenvalue weighted by molar-refractivity contribution is -0.144. The van der Waals surface area contributed by atoms with Gasteiger partial charge in [-0.1, -0.05) is 67.9 Å². The van der Waals surface area contributed by atoms with E-state index in [0.29, 0.717) is 13.2 Å². The Kier molecular flexibility index (Phi) is 6.37. The molecule has 2 unspecified atom stereocenters. The number of nitrogens with zero attached hydrogens (tertiary/aromatic N) is 1. The van der Waals surface area contributed by atoms with Gasteiger partial charge in [-0.3, -0.25) is 4.79 Å². The van der Waals surface area contributed by atoms with E-state index in [4.69, 9.17) is 4.74 Å². The van der Waals surface area contributed by atoms with Crippen LogP contribution < -0.4 is 5.32 Å². The minimum Gasteiger partial charge on any atom is -0.466 e. The molecule has 0 bridgehead atoms. The van der Waals surface area contributed by atoms with Gasteiger partial charge in [0.2, 0.25) is 0 Å². The van der Waals surface area contributed by atoms with Gasteiger partial charge in [0.25, 0.3) is 0 Å². The summed E-state index contributed by atoms with van der Waals surface area (Å²) in [6.45, 7) is 11.7. The molecule has 1 aliphatic heterocycles. The van der Waals surface area contributed by atoms with Crippen molar-refractivity contribution in [3.63, 3.8) is 0 Å². The molecule has 2 atom stereocenters. The fourth-order valence-electron chi connectivity index (χ4n) is 3.71. The van der Waals surface area contributed by atoms with Crippen LogP contribution in [-0.4, -0.2) is 25.3 Å². The average Bonchev–Trinajstić information content (AvgIpc) is 3.41. The van der Waals surface area contributed by atoms with Crippen LogP contribution in [0, 0.1) is 22.7 Å². The first-order valence-corrected chi connectivity index (χ1v) is 11.1. The third kappa shape index (κ3) is 6.05. The summed E-state index contributed by atoms with van der Waals surface area (Å²) in [5.41, 5.74) is 2.19. The van der Waals surface area contributed by atoms with Gasteiger partial charge in [0.15, 0.2) is 0 Å². The van der Waals surface area contributed by atoms with Crippen LogP contribution in [0.3, 0.4) is 0 Å². The Balaban J connectivity index is 1.66. The van der Waals surface area contributed by atoms with Crippen molar-refractivity contribution < 1.29 is 9.53 Å². The molecule has 5 heteroatoms. The van der Waals surface area contributed by atoms with Gasteiger partial charge in [0.1, 0.15) is 5.82 Å². The Morgan fingerprint density at radius 1 is 1.24 bits per heavy atom. The standard InChI is InChI=1S/C24H31BrN2O2/c1-6-29-22(28)20-10-19(20)17-11-24(4,5)13-21(27-15-17)26-14-16-7-8-23(2,3)12-18(25)9-16/h7-9,11-13,15,19-20,26H,6,10,14H2,1-5H3. The van der Waals surface area contributed by atoms with E-state index >= 15 is 0 Å². The Morgan fingerprint density at radius 3 is 2.72 bits per heavy atom. The van der Waals surface area contributed by atoms with E-state index in [1.807, 2.05) is 13.1 Å². The molecular weight excluding hydrogens is 428 g/mol. The molecule has 1 N–H and O–H groups in total. The fourth-order valence-corrected chi connectivity index (χ4v) is 4.59. The molecule has 0 aromatic carbocycles. The molecule has 0 spiro atoms. The monoisotopic (exact) mass is 458 g/mol. The summed E-state index contributed by atoms with van der Waals surface area (Å²) < 4.78 is 6.26. The minimum absolute atomic E-state index is 0.0215. The zero-order valence-electron chi connectivity index (χ0n) is 18.0. The van der Waals surface area contributed by atoms with E-state index in [-0.39, 0.29) is 28.6 Å². The predicted molar refractivity (Wildman–Crippen MR) is 123 cm³/mol. The number of hydrogen-bond acceptors (Lipinski definition) is 4. The highest BCUT2D eigenvalue weighted by atomic mass is 79.9. The van der Waals surface area contributed by atoms with Crippen LogP contribution in [0.2, 0.25) is 0 Å². The Bertz CT molecular complexity index is 856. The van der Waals surface area contributed by atoms with Crippen molar-refractivity contribution >= 4 is 28.1 Å².